The standard InChI is InChI=1S/C25H32N4O4/c1-16(2)14-29-23(25(31)33-5)22(28-21(30)11-18-9-7-6-8-10-18)20-12-19(13-26-24(20)29)27-17(3)15-32-4/h6-10,12-13,16-17,27H,11,14-15H2,1-5H3,(H,28,30). The Morgan fingerprint density at radius 3 is 2.48 bits per heavy atom. The van der Waals surface area contributed by atoms with Crippen molar-refractivity contribution in [1.82, 2.24) is 9.55 Å². The summed E-state index contributed by atoms with van der Waals surface area (Å²) < 4.78 is 12.1. The van der Waals surface area contributed by atoms with Gasteiger partial charge < -0.3 is 24.7 Å². The summed E-state index contributed by atoms with van der Waals surface area (Å²) in [6.45, 7) is 7.20. The van der Waals surface area contributed by atoms with E-state index in [0.717, 1.165) is 11.3 Å². The number of hydrogen-bond acceptors (Lipinski definition) is 6. The second-order valence-electron chi connectivity index (χ2n) is 8.53. The zero-order chi connectivity index (χ0) is 24.0. The number of carbonyl (C=O) groups excluding carboxylic acids is 2. The van der Waals surface area contributed by atoms with Crippen LogP contribution in [-0.4, -0.2) is 48.3 Å². The largest absolute Gasteiger partial charge is 0.464 e. The summed E-state index contributed by atoms with van der Waals surface area (Å²) >= 11 is 0. The number of benzene rings is 1. The molecule has 176 valence electrons. The minimum Gasteiger partial charge on any atom is -0.464 e. The van der Waals surface area contributed by atoms with Gasteiger partial charge in [-0.1, -0.05) is 44.2 Å². The van der Waals surface area contributed by atoms with Gasteiger partial charge in [0.05, 0.1) is 37.7 Å². The highest BCUT2D eigenvalue weighted by atomic mass is 16.5. The molecule has 1 amide bonds. The Kier molecular flexibility index (Phi) is 8.06. The van der Waals surface area contributed by atoms with Gasteiger partial charge in [0.15, 0.2) is 5.69 Å². The van der Waals surface area contributed by atoms with E-state index in [9.17, 15) is 9.59 Å². The number of methoxy groups -OCH3 is 2. The van der Waals surface area contributed by atoms with Crippen molar-refractivity contribution in [2.45, 2.75) is 39.8 Å². The molecule has 3 aromatic rings. The third-order valence-electron chi connectivity index (χ3n) is 5.13. The molecule has 0 aliphatic heterocycles. The van der Waals surface area contributed by atoms with E-state index in [4.69, 9.17) is 9.47 Å². The SMILES string of the molecule is COCC(C)Nc1cnc2c(c1)c(NC(=O)Cc1ccccc1)c(C(=O)OC)n2CC(C)C. The highest BCUT2D eigenvalue weighted by molar-refractivity contribution is 6.11. The van der Waals surface area contributed by atoms with Crippen LogP contribution in [0.15, 0.2) is 42.6 Å². The number of ether oxygens (including phenoxy) is 2. The van der Waals surface area contributed by atoms with Crippen LogP contribution in [-0.2, 0) is 27.2 Å². The first-order valence-corrected chi connectivity index (χ1v) is 11.0. The lowest BCUT2D eigenvalue weighted by molar-refractivity contribution is -0.115. The normalized spacial score (nSPS) is 12.1. The molecule has 1 aromatic carbocycles. The number of aromatic nitrogens is 2. The van der Waals surface area contributed by atoms with Crippen LogP contribution in [0, 0.1) is 5.92 Å². The van der Waals surface area contributed by atoms with Crippen molar-refractivity contribution in [2.75, 3.05) is 31.5 Å². The Morgan fingerprint density at radius 1 is 1.12 bits per heavy atom. The van der Waals surface area contributed by atoms with Gasteiger partial charge in [-0.15, -0.1) is 0 Å². The Balaban J connectivity index is 2.09. The number of fused-ring (bicyclic) bond motifs is 1. The van der Waals surface area contributed by atoms with Crippen LogP contribution >= 0.6 is 0 Å². The van der Waals surface area contributed by atoms with E-state index in [1.165, 1.54) is 7.11 Å². The number of pyridine rings is 1. The summed E-state index contributed by atoms with van der Waals surface area (Å²) in [6.07, 6.45) is 1.91. The van der Waals surface area contributed by atoms with Gasteiger partial charge in [0.2, 0.25) is 5.91 Å². The molecule has 1 unspecified atom stereocenters. The molecule has 2 aromatic heterocycles. The Bertz CT molecular complexity index is 1110. The average molecular weight is 453 g/mol. The van der Waals surface area contributed by atoms with Crippen LogP contribution in [0.2, 0.25) is 0 Å². The molecule has 2 N–H and O–H groups in total. The number of esters is 1. The topological polar surface area (TPSA) is 94.5 Å². The van der Waals surface area contributed by atoms with Crippen LogP contribution in [0.3, 0.4) is 0 Å². The number of anilines is 2. The Labute approximate surface area is 194 Å². The lowest BCUT2D eigenvalue weighted by atomic mass is 10.1. The molecule has 8 heteroatoms. The van der Waals surface area contributed by atoms with Gasteiger partial charge in [-0.05, 0) is 24.5 Å². The highest BCUT2D eigenvalue weighted by Crippen LogP contribution is 2.33. The van der Waals surface area contributed by atoms with Gasteiger partial charge in [-0.2, -0.15) is 0 Å². The number of nitrogens with zero attached hydrogens (tertiary/aromatic N) is 2. The van der Waals surface area contributed by atoms with Gasteiger partial charge in [0, 0.05) is 25.1 Å². The van der Waals surface area contributed by atoms with Crippen LogP contribution < -0.4 is 10.6 Å². The minimum atomic E-state index is -0.522. The van der Waals surface area contributed by atoms with E-state index in [0.29, 0.717) is 29.9 Å². The summed E-state index contributed by atoms with van der Waals surface area (Å²) in [7, 11) is 2.98. The summed E-state index contributed by atoms with van der Waals surface area (Å²) in [5.74, 6) is -0.495. The second-order valence-corrected chi connectivity index (χ2v) is 8.53. The maximum Gasteiger partial charge on any atom is 0.356 e. The van der Waals surface area contributed by atoms with E-state index in [2.05, 4.69) is 29.5 Å². The molecule has 0 radical (unpaired) electrons. The fraction of sp³-hybridized carbons (Fsp3) is 0.400. The number of amides is 1. The first-order valence-electron chi connectivity index (χ1n) is 11.0. The Morgan fingerprint density at radius 2 is 1.85 bits per heavy atom. The molecule has 2 heterocycles. The maximum atomic E-state index is 12.9. The van der Waals surface area contributed by atoms with Crippen molar-refractivity contribution < 1.29 is 19.1 Å². The van der Waals surface area contributed by atoms with Gasteiger partial charge in [-0.3, -0.25) is 4.79 Å². The van der Waals surface area contributed by atoms with Gasteiger partial charge in [0.1, 0.15) is 5.65 Å². The third kappa shape index (κ3) is 5.90. The summed E-state index contributed by atoms with van der Waals surface area (Å²) in [5.41, 5.74) is 2.97. The van der Waals surface area contributed by atoms with Crippen LogP contribution in [0.25, 0.3) is 11.0 Å². The minimum absolute atomic E-state index is 0.0585. The Hall–Kier alpha value is -3.39. The molecule has 3 rings (SSSR count). The van der Waals surface area contributed by atoms with Crippen molar-refractivity contribution in [3.8, 4) is 0 Å². The molecule has 0 spiro atoms. The lowest BCUT2D eigenvalue weighted by Crippen LogP contribution is -2.20. The molecule has 33 heavy (non-hydrogen) atoms. The van der Waals surface area contributed by atoms with Crippen molar-refractivity contribution >= 4 is 34.3 Å². The molecule has 0 fully saturated rings. The smallest absolute Gasteiger partial charge is 0.356 e. The highest BCUT2D eigenvalue weighted by Gasteiger charge is 2.26. The van der Waals surface area contributed by atoms with Crippen LogP contribution in [0.4, 0.5) is 11.4 Å². The first kappa shape index (κ1) is 24.3. The van der Waals surface area contributed by atoms with E-state index in [1.54, 1.807) is 13.3 Å². The van der Waals surface area contributed by atoms with E-state index in [-0.39, 0.29) is 30.0 Å². The van der Waals surface area contributed by atoms with Gasteiger partial charge in [-0.25, -0.2) is 9.78 Å². The average Bonchev–Trinajstić information content (AvgIpc) is 3.05. The predicted molar refractivity (Wildman–Crippen MR) is 130 cm³/mol. The fourth-order valence-electron chi connectivity index (χ4n) is 3.82. The zero-order valence-electron chi connectivity index (χ0n) is 19.8. The maximum absolute atomic E-state index is 12.9. The van der Waals surface area contributed by atoms with E-state index < -0.39 is 5.97 Å². The van der Waals surface area contributed by atoms with E-state index in [1.807, 2.05) is 47.9 Å². The third-order valence-corrected chi connectivity index (χ3v) is 5.13. The predicted octanol–water partition coefficient (Wildman–Crippen LogP) is 4.11. The lowest BCUT2D eigenvalue weighted by Gasteiger charge is -2.14. The first-order chi connectivity index (χ1) is 15.8. The van der Waals surface area contributed by atoms with Gasteiger partial charge in [0.25, 0.3) is 0 Å². The van der Waals surface area contributed by atoms with Crippen LogP contribution in [0.5, 0.6) is 0 Å². The molecular formula is C25H32N4O4. The monoisotopic (exact) mass is 452 g/mol. The fourth-order valence-corrected chi connectivity index (χ4v) is 3.82. The van der Waals surface area contributed by atoms with Crippen molar-refractivity contribution in [2.24, 2.45) is 5.92 Å². The summed E-state index contributed by atoms with van der Waals surface area (Å²) in [6, 6.07) is 11.4. The van der Waals surface area contributed by atoms with Crippen molar-refractivity contribution in [3.05, 3.63) is 53.9 Å². The molecule has 1 atom stereocenters. The number of nitrogens with one attached hydrogen (secondary N) is 2. The zero-order valence-corrected chi connectivity index (χ0v) is 19.8. The summed E-state index contributed by atoms with van der Waals surface area (Å²) in [4.78, 5) is 30.4. The molecule has 0 aliphatic carbocycles. The second kappa shape index (κ2) is 11.0. The van der Waals surface area contributed by atoms with Crippen molar-refractivity contribution in [3.63, 3.8) is 0 Å². The molecule has 0 saturated carbocycles. The van der Waals surface area contributed by atoms with Crippen LogP contribution in [0.1, 0.15) is 36.8 Å². The number of rotatable bonds is 10. The van der Waals surface area contributed by atoms with E-state index >= 15 is 0 Å². The molecule has 0 bridgehead atoms. The number of carbonyl (C=O) groups is 2. The molecule has 0 aliphatic rings. The summed E-state index contributed by atoms with van der Waals surface area (Å²) in [5, 5.41) is 6.98. The number of hydrogen-bond donors (Lipinski definition) is 2. The quantitative estimate of drug-likeness (QED) is 0.450. The molecule has 0 saturated heterocycles. The molecular weight excluding hydrogens is 420 g/mol. The van der Waals surface area contributed by atoms with Gasteiger partial charge >= 0.3 is 5.97 Å². The molecule has 8 nitrogen and oxygen atoms in total. The van der Waals surface area contributed by atoms with Crippen molar-refractivity contribution in [1.29, 1.82) is 0 Å².